The van der Waals surface area contributed by atoms with E-state index >= 15 is 0 Å². The van der Waals surface area contributed by atoms with Crippen molar-refractivity contribution in [3.8, 4) is 0 Å². The van der Waals surface area contributed by atoms with E-state index in [1.54, 1.807) is 0 Å². The Morgan fingerprint density at radius 3 is 2.00 bits per heavy atom. The van der Waals surface area contributed by atoms with Crippen molar-refractivity contribution in [3.05, 3.63) is 0 Å². The second-order valence-electron chi connectivity index (χ2n) is 5.01. The van der Waals surface area contributed by atoms with Gasteiger partial charge in [-0.1, -0.05) is 33.1 Å². The second-order valence-corrected chi connectivity index (χ2v) is 5.01. The number of piperidine rings is 1. The van der Waals surface area contributed by atoms with Gasteiger partial charge in [0.05, 0.1) is 0 Å². The van der Waals surface area contributed by atoms with Crippen molar-refractivity contribution in [2.45, 2.75) is 71.9 Å². The molecule has 0 spiro atoms. The maximum atomic E-state index is 2.74. The van der Waals surface area contributed by atoms with Crippen LogP contribution in [0.25, 0.3) is 0 Å². The lowest BCUT2D eigenvalue weighted by Crippen LogP contribution is -2.45. The normalized spacial score (nSPS) is 29.8. The second kappa shape index (κ2) is 5.75. The molecular formula is C13H27N. The van der Waals surface area contributed by atoms with Crippen LogP contribution < -0.4 is 0 Å². The molecule has 1 fully saturated rings. The number of hydrogen-bond donors (Lipinski definition) is 0. The minimum atomic E-state index is 0.819. The van der Waals surface area contributed by atoms with Gasteiger partial charge in [-0.3, -0.25) is 4.90 Å². The molecule has 1 nitrogen and oxygen atoms in total. The van der Waals surface area contributed by atoms with Gasteiger partial charge in [0.25, 0.3) is 0 Å². The molecule has 0 N–H and O–H groups in total. The van der Waals surface area contributed by atoms with Gasteiger partial charge in [-0.05, 0) is 32.6 Å². The molecular weight excluding hydrogens is 170 g/mol. The summed E-state index contributed by atoms with van der Waals surface area (Å²) < 4.78 is 0. The maximum Gasteiger partial charge on any atom is 0.00698 e. The average Bonchev–Trinajstić information content (AvgIpc) is 2.18. The molecule has 0 amide bonds. The summed E-state index contributed by atoms with van der Waals surface area (Å²) in [5, 5.41) is 0. The summed E-state index contributed by atoms with van der Waals surface area (Å²) in [4.78, 5) is 2.74. The highest BCUT2D eigenvalue weighted by Crippen LogP contribution is 2.24. The smallest absolute Gasteiger partial charge is 0.00698 e. The molecule has 2 atom stereocenters. The Labute approximate surface area is 89.9 Å². The van der Waals surface area contributed by atoms with E-state index in [1.807, 2.05) is 0 Å². The molecule has 1 heterocycles. The number of hydrogen-bond acceptors (Lipinski definition) is 1. The molecule has 0 aliphatic carbocycles. The lowest BCUT2D eigenvalue weighted by atomic mass is 9.94. The summed E-state index contributed by atoms with van der Waals surface area (Å²) in [7, 11) is 0. The summed E-state index contributed by atoms with van der Waals surface area (Å²) in [5.41, 5.74) is 0. The lowest BCUT2D eigenvalue weighted by molar-refractivity contribution is 0.0821. The molecule has 0 aromatic heterocycles. The van der Waals surface area contributed by atoms with Crippen LogP contribution in [0.4, 0.5) is 0 Å². The van der Waals surface area contributed by atoms with Gasteiger partial charge in [0, 0.05) is 18.6 Å². The van der Waals surface area contributed by atoms with E-state index in [4.69, 9.17) is 0 Å². The van der Waals surface area contributed by atoms with Crippen LogP contribution in [0, 0.1) is 5.92 Å². The van der Waals surface area contributed by atoms with Crippen LogP contribution in [-0.4, -0.2) is 23.5 Å². The predicted molar refractivity (Wildman–Crippen MR) is 63.6 cm³/mol. The van der Waals surface area contributed by atoms with Crippen molar-refractivity contribution in [2.75, 3.05) is 6.54 Å². The van der Waals surface area contributed by atoms with Crippen LogP contribution in [0.5, 0.6) is 0 Å². The highest BCUT2D eigenvalue weighted by atomic mass is 15.2. The number of nitrogens with zero attached hydrogens (tertiary/aromatic N) is 1. The first-order valence-electron chi connectivity index (χ1n) is 6.44. The van der Waals surface area contributed by atoms with Gasteiger partial charge < -0.3 is 0 Å². The van der Waals surface area contributed by atoms with Gasteiger partial charge >= 0.3 is 0 Å². The number of rotatable bonds is 4. The van der Waals surface area contributed by atoms with Crippen molar-refractivity contribution >= 4 is 0 Å². The molecule has 1 aliphatic heterocycles. The van der Waals surface area contributed by atoms with Crippen molar-refractivity contribution in [2.24, 2.45) is 5.92 Å². The van der Waals surface area contributed by atoms with Gasteiger partial charge in [-0.25, -0.2) is 0 Å². The molecule has 0 radical (unpaired) electrons. The van der Waals surface area contributed by atoms with Crippen molar-refractivity contribution in [1.29, 1.82) is 0 Å². The van der Waals surface area contributed by atoms with Gasteiger partial charge in [0.15, 0.2) is 0 Å². The van der Waals surface area contributed by atoms with Crippen LogP contribution in [0.15, 0.2) is 0 Å². The Hall–Kier alpha value is -0.0400. The maximum absolute atomic E-state index is 2.74. The molecule has 0 saturated carbocycles. The Balaban J connectivity index is 2.46. The third-order valence-corrected chi connectivity index (χ3v) is 4.00. The molecule has 0 aromatic rings. The van der Waals surface area contributed by atoms with Crippen LogP contribution in [0.1, 0.15) is 59.8 Å². The zero-order chi connectivity index (χ0) is 10.6. The monoisotopic (exact) mass is 197 g/mol. The Kier molecular flexibility index (Phi) is 4.94. The molecule has 1 rings (SSSR count). The fraction of sp³-hybridized carbons (Fsp3) is 1.00. The highest BCUT2D eigenvalue weighted by Gasteiger charge is 2.25. The lowest BCUT2D eigenvalue weighted by Gasteiger charge is -2.40. The van der Waals surface area contributed by atoms with Crippen LogP contribution in [-0.2, 0) is 0 Å². The Bertz CT molecular complexity index is 141. The zero-order valence-electron chi connectivity index (χ0n) is 10.4. The molecule has 1 heteroatoms. The zero-order valence-corrected chi connectivity index (χ0v) is 10.4. The van der Waals surface area contributed by atoms with Crippen LogP contribution >= 0.6 is 0 Å². The molecule has 84 valence electrons. The topological polar surface area (TPSA) is 3.24 Å². The van der Waals surface area contributed by atoms with Crippen molar-refractivity contribution in [1.82, 2.24) is 4.90 Å². The first kappa shape index (κ1) is 12.0. The minimum absolute atomic E-state index is 0.819. The van der Waals surface area contributed by atoms with Gasteiger partial charge in [-0.15, -0.1) is 0 Å². The van der Waals surface area contributed by atoms with E-state index in [2.05, 4.69) is 32.6 Å². The largest absolute Gasteiger partial charge is 0.298 e. The molecule has 1 saturated heterocycles. The van der Waals surface area contributed by atoms with E-state index in [0.29, 0.717) is 0 Å². The third kappa shape index (κ3) is 2.98. The summed E-state index contributed by atoms with van der Waals surface area (Å²) in [6.45, 7) is 10.8. The van der Waals surface area contributed by atoms with Crippen molar-refractivity contribution in [3.63, 3.8) is 0 Å². The average molecular weight is 197 g/mol. The van der Waals surface area contributed by atoms with E-state index in [0.717, 1.165) is 18.0 Å². The molecule has 0 aromatic carbocycles. The minimum Gasteiger partial charge on any atom is -0.298 e. The Morgan fingerprint density at radius 1 is 1.07 bits per heavy atom. The molecule has 14 heavy (non-hydrogen) atoms. The molecule has 0 unspecified atom stereocenters. The fourth-order valence-corrected chi connectivity index (χ4v) is 2.68. The SMILES string of the molecule is CCC(CC)CN1[C@H](C)CCC[C@H]1C. The van der Waals surface area contributed by atoms with E-state index in [-0.39, 0.29) is 0 Å². The van der Waals surface area contributed by atoms with Gasteiger partial charge in [0.2, 0.25) is 0 Å². The standard InChI is InChI=1S/C13H27N/c1-5-13(6-2)10-14-11(3)8-7-9-12(14)4/h11-13H,5-10H2,1-4H3/t11-,12-/m1/s1. The highest BCUT2D eigenvalue weighted by molar-refractivity contribution is 4.80. The summed E-state index contributed by atoms with van der Waals surface area (Å²) in [6.07, 6.45) is 6.93. The molecule has 0 bridgehead atoms. The van der Waals surface area contributed by atoms with Crippen LogP contribution in [0.2, 0.25) is 0 Å². The van der Waals surface area contributed by atoms with Crippen LogP contribution in [0.3, 0.4) is 0 Å². The van der Waals surface area contributed by atoms with Crippen molar-refractivity contribution < 1.29 is 0 Å². The predicted octanol–water partition coefficient (Wildman–Crippen LogP) is 3.69. The summed E-state index contributed by atoms with van der Waals surface area (Å²) in [5.74, 6) is 0.915. The fourth-order valence-electron chi connectivity index (χ4n) is 2.68. The first-order valence-corrected chi connectivity index (χ1v) is 6.44. The Morgan fingerprint density at radius 2 is 1.57 bits per heavy atom. The summed E-state index contributed by atoms with van der Waals surface area (Å²) in [6, 6.07) is 1.64. The first-order chi connectivity index (χ1) is 6.69. The van der Waals surface area contributed by atoms with Gasteiger partial charge in [0.1, 0.15) is 0 Å². The van der Waals surface area contributed by atoms with E-state index in [1.165, 1.54) is 38.6 Å². The number of likely N-dealkylation sites (tertiary alicyclic amines) is 1. The quantitative estimate of drug-likeness (QED) is 0.664. The third-order valence-electron chi connectivity index (χ3n) is 4.00. The molecule has 1 aliphatic rings. The van der Waals surface area contributed by atoms with Gasteiger partial charge in [-0.2, -0.15) is 0 Å². The van der Waals surface area contributed by atoms with E-state index < -0.39 is 0 Å². The summed E-state index contributed by atoms with van der Waals surface area (Å²) >= 11 is 0. The van der Waals surface area contributed by atoms with E-state index in [9.17, 15) is 0 Å².